The van der Waals surface area contributed by atoms with Crippen molar-refractivity contribution in [3.05, 3.63) is 58.9 Å². The smallest absolute Gasteiger partial charge is 0.274 e. The molecule has 2 aromatic rings. The maximum atomic E-state index is 12.3. The summed E-state index contributed by atoms with van der Waals surface area (Å²) in [7, 11) is 0. The van der Waals surface area contributed by atoms with Gasteiger partial charge in [-0.1, -0.05) is 11.6 Å². The van der Waals surface area contributed by atoms with E-state index >= 15 is 0 Å². The Kier molecular flexibility index (Phi) is 6.75. The lowest BCUT2D eigenvalue weighted by atomic mass is 10.2. The van der Waals surface area contributed by atoms with E-state index in [-0.39, 0.29) is 17.5 Å². The van der Waals surface area contributed by atoms with Crippen LogP contribution in [0.3, 0.4) is 0 Å². The fraction of sp³-hybridized carbons (Fsp3) is 0.316. The molecule has 7 nitrogen and oxygen atoms in total. The van der Waals surface area contributed by atoms with E-state index in [9.17, 15) is 9.59 Å². The van der Waals surface area contributed by atoms with Gasteiger partial charge in [0.05, 0.1) is 13.2 Å². The highest BCUT2D eigenvalue weighted by Gasteiger charge is 2.13. The Morgan fingerprint density at radius 1 is 1.11 bits per heavy atom. The second kappa shape index (κ2) is 9.45. The minimum atomic E-state index is -0.389. The number of rotatable bonds is 6. The van der Waals surface area contributed by atoms with Crippen LogP contribution in [0.25, 0.3) is 0 Å². The van der Waals surface area contributed by atoms with E-state index in [4.69, 9.17) is 16.3 Å². The third-order valence-corrected chi connectivity index (χ3v) is 4.43. The number of amides is 2. The van der Waals surface area contributed by atoms with Gasteiger partial charge in [-0.25, -0.2) is 0 Å². The predicted molar refractivity (Wildman–Crippen MR) is 103 cm³/mol. The number of halogens is 1. The minimum absolute atomic E-state index is 0.172. The van der Waals surface area contributed by atoms with Crippen molar-refractivity contribution in [2.45, 2.75) is 0 Å². The quantitative estimate of drug-likeness (QED) is 0.791. The summed E-state index contributed by atoms with van der Waals surface area (Å²) in [5, 5.41) is 6.19. The van der Waals surface area contributed by atoms with Gasteiger partial charge in [-0.2, -0.15) is 0 Å². The van der Waals surface area contributed by atoms with E-state index in [1.165, 1.54) is 12.3 Å². The van der Waals surface area contributed by atoms with Crippen LogP contribution in [0.4, 0.5) is 5.69 Å². The number of nitrogens with one attached hydrogen (secondary N) is 2. The van der Waals surface area contributed by atoms with Crippen molar-refractivity contribution in [2.24, 2.45) is 0 Å². The van der Waals surface area contributed by atoms with Crippen LogP contribution in [0, 0.1) is 0 Å². The molecule has 0 saturated carbocycles. The topological polar surface area (TPSA) is 83.6 Å². The van der Waals surface area contributed by atoms with Crippen LogP contribution in [0.15, 0.2) is 42.6 Å². The molecule has 142 valence electrons. The van der Waals surface area contributed by atoms with Crippen molar-refractivity contribution in [3.63, 3.8) is 0 Å². The summed E-state index contributed by atoms with van der Waals surface area (Å²) >= 11 is 5.83. The molecular weight excluding hydrogens is 368 g/mol. The first-order valence-electron chi connectivity index (χ1n) is 8.73. The average Bonchev–Trinajstić information content (AvgIpc) is 2.70. The van der Waals surface area contributed by atoms with Crippen molar-refractivity contribution < 1.29 is 14.3 Å². The molecule has 0 radical (unpaired) electrons. The number of carbonyl (C=O) groups is 2. The van der Waals surface area contributed by atoms with Gasteiger partial charge in [0.2, 0.25) is 0 Å². The third kappa shape index (κ3) is 5.75. The summed E-state index contributed by atoms with van der Waals surface area (Å²) in [6.07, 6.45) is 1.45. The molecule has 0 atom stereocenters. The van der Waals surface area contributed by atoms with Crippen LogP contribution in [-0.2, 0) is 4.74 Å². The second-order valence-electron chi connectivity index (χ2n) is 6.10. The normalized spacial score (nSPS) is 14.6. The highest BCUT2D eigenvalue weighted by Crippen LogP contribution is 2.14. The molecule has 0 unspecified atom stereocenters. The largest absolute Gasteiger partial charge is 0.379 e. The summed E-state index contributed by atoms with van der Waals surface area (Å²) in [6.45, 7) is 4.51. The molecular formula is C19H21ClN4O3. The van der Waals surface area contributed by atoms with E-state index in [0.717, 1.165) is 32.8 Å². The Balaban J connectivity index is 1.54. The summed E-state index contributed by atoms with van der Waals surface area (Å²) < 4.78 is 5.30. The van der Waals surface area contributed by atoms with E-state index in [2.05, 4.69) is 20.5 Å². The first-order chi connectivity index (χ1) is 13.1. The molecule has 1 saturated heterocycles. The molecule has 0 spiro atoms. The highest BCUT2D eigenvalue weighted by atomic mass is 35.5. The molecule has 1 aromatic heterocycles. The summed E-state index contributed by atoms with van der Waals surface area (Å²) in [4.78, 5) is 31.0. The van der Waals surface area contributed by atoms with E-state index in [1.807, 2.05) is 0 Å². The van der Waals surface area contributed by atoms with Gasteiger partial charge in [0.1, 0.15) is 5.69 Å². The molecule has 1 fully saturated rings. The van der Waals surface area contributed by atoms with Crippen LogP contribution in [0.5, 0.6) is 0 Å². The van der Waals surface area contributed by atoms with Gasteiger partial charge in [0.25, 0.3) is 11.8 Å². The molecule has 1 aliphatic heterocycles. The molecule has 0 aliphatic carbocycles. The Bertz CT molecular complexity index is 792. The number of hydrogen-bond donors (Lipinski definition) is 2. The number of hydrogen-bond acceptors (Lipinski definition) is 5. The SMILES string of the molecule is O=C(NCCN1CCOCC1)c1ccnc(C(=O)Nc2ccc(Cl)cc2)c1. The van der Waals surface area contributed by atoms with Gasteiger partial charge in [0.15, 0.2) is 0 Å². The number of morpholine rings is 1. The number of aromatic nitrogens is 1. The van der Waals surface area contributed by atoms with Crippen molar-refractivity contribution in [3.8, 4) is 0 Å². The molecule has 1 aromatic carbocycles. The number of pyridine rings is 1. The summed E-state index contributed by atoms with van der Waals surface area (Å²) in [5.41, 5.74) is 1.17. The van der Waals surface area contributed by atoms with Crippen LogP contribution >= 0.6 is 11.6 Å². The Morgan fingerprint density at radius 3 is 2.59 bits per heavy atom. The van der Waals surface area contributed by atoms with Crippen molar-refractivity contribution in [1.29, 1.82) is 0 Å². The third-order valence-electron chi connectivity index (χ3n) is 4.17. The van der Waals surface area contributed by atoms with Gasteiger partial charge >= 0.3 is 0 Å². The van der Waals surface area contributed by atoms with Gasteiger partial charge in [0, 0.05) is 48.6 Å². The Labute approximate surface area is 162 Å². The van der Waals surface area contributed by atoms with Gasteiger partial charge in [-0.05, 0) is 36.4 Å². The van der Waals surface area contributed by atoms with Crippen molar-refractivity contribution in [2.75, 3.05) is 44.7 Å². The maximum Gasteiger partial charge on any atom is 0.274 e. The Morgan fingerprint density at radius 2 is 1.85 bits per heavy atom. The van der Waals surface area contributed by atoms with Crippen LogP contribution in [-0.4, -0.2) is 61.1 Å². The number of ether oxygens (including phenoxy) is 1. The fourth-order valence-corrected chi connectivity index (χ4v) is 2.80. The second-order valence-corrected chi connectivity index (χ2v) is 6.54. The number of benzene rings is 1. The van der Waals surface area contributed by atoms with E-state index in [1.54, 1.807) is 30.3 Å². The van der Waals surface area contributed by atoms with Gasteiger partial charge < -0.3 is 15.4 Å². The zero-order chi connectivity index (χ0) is 19.1. The lowest BCUT2D eigenvalue weighted by Gasteiger charge is -2.26. The Hall–Kier alpha value is -2.48. The highest BCUT2D eigenvalue weighted by molar-refractivity contribution is 6.30. The van der Waals surface area contributed by atoms with Crippen molar-refractivity contribution >= 4 is 29.1 Å². The van der Waals surface area contributed by atoms with E-state index in [0.29, 0.717) is 22.8 Å². The van der Waals surface area contributed by atoms with Gasteiger partial charge in [-0.15, -0.1) is 0 Å². The molecule has 8 heteroatoms. The van der Waals surface area contributed by atoms with E-state index < -0.39 is 0 Å². The molecule has 1 aliphatic rings. The molecule has 3 rings (SSSR count). The molecule has 2 heterocycles. The first kappa shape index (κ1) is 19.3. The number of anilines is 1. The monoisotopic (exact) mass is 388 g/mol. The lowest BCUT2D eigenvalue weighted by Crippen LogP contribution is -2.41. The summed E-state index contributed by atoms with van der Waals surface area (Å²) in [6, 6.07) is 9.83. The number of nitrogens with zero attached hydrogens (tertiary/aromatic N) is 2. The minimum Gasteiger partial charge on any atom is -0.379 e. The first-order valence-corrected chi connectivity index (χ1v) is 9.11. The zero-order valence-electron chi connectivity index (χ0n) is 14.8. The van der Waals surface area contributed by atoms with Crippen LogP contribution < -0.4 is 10.6 Å². The molecule has 2 N–H and O–H groups in total. The predicted octanol–water partition coefficient (Wildman–Crippen LogP) is 2.05. The maximum absolute atomic E-state index is 12.3. The van der Waals surface area contributed by atoms with Crippen LogP contribution in [0.1, 0.15) is 20.8 Å². The summed E-state index contributed by atoms with van der Waals surface area (Å²) in [5.74, 6) is -0.619. The van der Waals surface area contributed by atoms with Crippen LogP contribution in [0.2, 0.25) is 5.02 Å². The van der Waals surface area contributed by atoms with Crippen molar-refractivity contribution in [1.82, 2.24) is 15.2 Å². The average molecular weight is 389 g/mol. The molecule has 0 bridgehead atoms. The standard InChI is InChI=1S/C19H21ClN4O3/c20-15-1-3-16(4-2-15)23-19(26)17-13-14(5-6-21-17)18(25)22-7-8-24-9-11-27-12-10-24/h1-6,13H,7-12H2,(H,22,25)(H,23,26). The molecule has 27 heavy (non-hydrogen) atoms. The zero-order valence-corrected chi connectivity index (χ0v) is 15.5. The number of carbonyl (C=O) groups excluding carboxylic acids is 2. The fourth-order valence-electron chi connectivity index (χ4n) is 2.68. The lowest BCUT2D eigenvalue weighted by molar-refractivity contribution is 0.0383. The molecule has 2 amide bonds. The van der Waals surface area contributed by atoms with Gasteiger partial charge in [-0.3, -0.25) is 19.5 Å².